The van der Waals surface area contributed by atoms with Gasteiger partial charge in [-0.1, -0.05) is 24.3 Å². The first-order valence-electron chi connectivity index (χ1n) is 4.74. The average Bonchev–Trinajstić information content (AvgIpc) is 2.59. The number of carbonyl (C=O) groups is 1. The molecule has 0 saturated heterocycles. The summed E-state index contributed by atoms with van der Waals surface area (Å²) in [6.07, 6.45) is 10.5. The summed E-state index contributed by atoms with van der Waals surface area (Å²) in [7, 11) is 1.47. The van der Waals surface area contributed by atoms with Gasteiger partial charge in [0.1, 0.15) is 0 Å². The summed E-state index contributed by atoms with van der Waals surface area (Å²) in [6, 6.07) is 0. The van der Waals surface area contributed by atoms with Crippen molar-refractivity contribution in [3.63, 3.8) is 0 Å². The molecule has 2 rings (SSSR count). The van der Waals surface area contributed by atoms with E-state index in [1.807, 2.05) is 0 Å². The van der Waals surface area contributed by atoms with Crippen LogP contribution < -0.4 is 0 Å². The second kappa shape index (κ2) is 3.36. The summed E-state index contributed by atoms with van der Waals surface area (Å²) in [4.78, 5) is 11.3. The first-order chi connectivity index (χ1) is 6.31. The molecule has 70 valence electrons. The number of hydrogen-bond acceptors (Lipinski definition) is 2. The molecule has 0 spiro atoms. The van der Waals surface area contributed by atoms with Gasteiger partial charge in [-0.25, -0.2) is 0 Å². The van der Waals surface area contributed by atoms with Gasteiger partial charge in [-0.2, -0.15) is 0 Å². The monoisotopic (exact) mass is 178 g/mol. The highest BCUT2D eigenvalue weighted by Gasteiger charge is 2.36. The topological polar surface area (TPSA) is 26.3 Å². The molecule has 0 aromatic carbocycles. The van der Waals surface area contributed by atoms with Gasteiger partial charge >= 0.3 is 5.97 Å². The van der Waals surface area contributed by atoms with Crippen LogP contribution in [0.4, 0.5) is 0 Å². The lowest BCUT2D eigenvalue weighted by Crippen LogP contribution is -2.12. The Labute approximate surface area is 78.3 Å². The van der Waals surface area contributed by atoms with Gasteiger partial charge in [0.05, 0.1) is 13.0 Å². The summed E-state index contributed by atoms with van der Waals surface area (Å²) >= 11 is 0. The Morgan fingerprint density at radius 3 is 2.23 bits per heavy atom. The molecule has 2 unspecified atom stereocenters. The van der Waals surface area contributed by atoms with E-state index in [0.717, 1.165) is 12.8 Å². The van der Waals surface area contributed by atoms with Crippen molar-refractivity contribution in [2.75, 3.05) is 7.11 Å². The Morgan fingerprint density at radius 1 is 1.23 bits per heavy atom. The molecular weight excluding hydrogens is 164 g/mol. The van der Waals surface area contributed by atoms with Gasteiger partial charge < -0.3 is 4.74 Å². The van der Waals surface area contributed by atoms with Crippen LogP contribution in [0.5, 0.6) is 0 Å². The van der Waals surface area contributed by atoms with Crippen molar-refractivity contribution in [2.24, 2.45) is 17.8 Å². The van der Waals surface area contributed by atoms with E-state index in [4.69, 9.17) is 4.74 Å². The fourth-order valence-corrected chi connectivity index (χ4v) is 2.32. The van der Waals surface area contributed by atoms with Gasteiger partial charge in [-0.15, -0.1) is 0 Å². The van der Waals surface area contributed by atoms with Crippen LogP contribution in [0.15, 0.2) is 24.3 Å². The standard InChI is InChI=1S/C11H14O2/c1-13-11(12)10-6-8-4-2-3-5-9(8)7-10/h2-5,8-10H,6-7H2,1H3. The van der Waals surface area contributed by atoms with Gasteiger partial charge in [0, 0.05) is 0 Å². The minimum atomic E-state index is -0.0452. The van der Waals surface area contributed by atoms with Crippen molar-refractivity contribution >= 4 is 5.97 Å². The number of allylic oxidation sites excluding steroid dienone is 4. The van der Waals surface area contributed by atoms with E-state index in [2.05, 4.69) is 24.3 Å². The molecular formula is C11H14O2. The van der Waals surface area contributed by atoms with Crippen molar-refractivity contribution in [1.29, 1.82) is 0 Å². The molecule has 13 heavy (non-hydrogen) atoms. The van der Waals surface area contributed by atoms with Crippen LogP contribution in [-0.2, 0) is 9.53 Å². The minimum absolute atomic E-state index is 0.0452. The Balaban J connectivity index is 2.04. The van der Waals surface area contributed by atoms with Gasteiger partial charge in [0.2, 0.25) is 0 Å². The first kappa shape index (κ1) is 8.54. The molecule has 0 aromatic rings. The van der Waals surface area contributed by atoms with Gasteiger partial charge in [-0.05, 0) is 24.7 Å². The van der Waals surface area contributed by atoms with E-state index < -0.39 is 0 Å². The molecule has 2 atom stereocenters. The number of carbonyl (C=O) groups excluding carboxylic acids is 1. The lowest BCUT2D eigenvalue weighted by atomic mass is 9.92. The summed E-state index contributed by atoms with van der Waals surface area (Å²) in [5, 5.41) is 0. The van der Waals surface area contributed by atoms with Crippen LogP contribution in [0.25, 0.3) is 0 Å². The molecule has 2 aliphatic carbocycles. The molecule has 0 amide bonds. The normalized spacial score (nSPS) is 35.9. The van der Waals surface area contributed by atoms with E-state index >= 15 is 0 Å². The second-order valence-corrected chi connectivity index (χ2v) is 3.79. The summed E-state index contributed by atoms with van der Waals surface area (Å²) in [5.41, 5.74) is 0. The van der Waals surface area contributed by atoms with Crippen molar-refractivity contribution in [3.8, 4) is 0 Å². The van der Waals surface area contributed by atoms with E-state index in [-0.39, 0.29) is 11.9 Å². The molecule has 1 fully saturated rings. The maximum atomic E-state index is 11.3. The molecule has 0 N–H and O–H groups in total. The number of rotatable bonds is 1. The number of methoxy groups -OCH3 is 1. The van der Waals surface area contributed by atoms with Gasteiger partial charge in [0.25, 0.3) is 0 Å². The maximum absolute atomic E-state index is 11.3. The third-order valence-corrected chi connectivity index (χ3v) is 3.03. The van der Waals surface area contributed by atoms with Crippen LogP contribution in [0.2, 0.25) is 0 Å². The SMILES string of the molecule is COC(=O)C1CC2C=CC=CC2C1. The van der Waals surface area contributed by atoms with Gasteiger partial charge in [-0.3, -0.25) is 4.79 Å². The smallest absolute Gasteiger partial charge is 0.308 e. The Kier molecular flexibility index (Phi) is 2.21. The molecule has 0 radical (unpaired) electrons. The lowest BCUT2D eigenvalue weighted by molar-refractivity contribution is -0.145. The lowest BCUT2D eigenvalue weighted by Gasteiger charge is -2.13. The highest BCUT2D eigenvalue weighted by Crippen LogP contribution is 2.40. The molecule has 0 aliphatic heterocycles. The number of esters is 1. The Bertz CT molecular complexity index is 245. The molecule has 2 aliphatic rings. The molecule has 1 saturated carbocycles. The zero-order chi connectivity index (χ0) is 9.26. The fourth-order valence-electron chi connectivity index (χ4n) is 2.32. The summed E-state index contributed by atoms with van der Waals surface area (Å²) in [6.45, 7) is 0. The third-order valence-electron chi connectivity index (χ3n) is 3.03. The predicted molar refractivity (Wildman–Crippen MR) is 50.0 cm³/mol. The molecule has 2 heteroatoms. The minimum Gasteiger partial charge on any atom is -0.469 e. The van der Waals surface area contributed by atoms with Crippen LogP contribution in [0.3, 0.4) is 0 Å². The predicted octanol–water partition coefficient (Wildman–Crippen LogP) is 1.93. The number of hydrogen-bond donors (Lipinski definition) is 0. The van der Waals surface area contributed by atoms with E-state index in [0.29, 0.717) is 11.8 Å². The third kappa shape index (κ3) is 1.53. The zero-order valence-corrected chi connectivity index (χ0v) is 7.77. The first-order valence-corrected chi connectivity index (χ1v) is 4.74. The number of ether oxygens (including phenoxy) is 1. The van der Waals surface area contributed by atoms with Crippen molar-refractivity contribution in [3.05, 3.63) is 24.3 Å². The molecule has 2 nitrogen and oxygen atoms in total. The quantitative estimate of drug-likeness (QED) is 0.573. The summed E-state index contributed by atoms with van der Waals surface area (Å²) in [5.74, 6) is 1.20. The van der Waals surface area contributed by atoms with E-state index in [9.17, 15) is 4.79 Å². The second-order valence-electron chi connectivity index (χ2n) is 3.79. The van der Waals surface area contributed by atoms with Gasteiger partial charge in [0.15, 0.2) is 0 Å². The maximum Gasteiger partial charge on any atom is 0.308 e. The van der Waals surface area contributed by atoms with E-state index in [1.54, 1.807) is 0 Å². The Hall–Kier alpha value is -1.05. The van der Waals surface area contributed by atoms with Crippen LogP contribution in [0.1, 0.15) is 12.8 Å². The van der Waals surface area contributed by atoms with Crippen molar-refractivity contribution in [1.82, 2.24) is 0 Å². The van der Waals surface area contributed by atoms with Crippen LogP contribution >= 0.6 is 0 Å². The molecule has 0 aromatic heterocycles. The fraction of sp³-hybridized carbons (Fsp3) is 0.545. The van der Waals surface area contributed by atoms with Crippen LogP contribution in [-0.4, -0.2) is 13.1 Å². The summed E-state index contributed by atoms with van der Waals surface area (Å²) < 4.78 is 4.75. The largest absolute Gasteiger partial charge is 0.469 e. The highest BCUT2D eigenvalue weighted by atomic mass is 16.5. The average molecular weight is 178 g/mol. The highest BCUT2D eigenvalue weighted by molar-refractivity contribution is 5.72. The zero-order valence-electron chi connectivity index (χ0n) is 7.77. The van der Waals surface area contributed by atoms with Crippen molar-refractivity contribution < 1.29 is 9.53 Å². The van der Waals surface area contributed by atoms with E-state index in [1.165, 1.54) is 7.11 Å². The van der Waals surface area contributed by atoms with Crippen LogP contribution in [0, 0.1) is 17.8 Å². The number of fused-ring (bicyclic) bond motifs is 1. The molecule has 0 heterocycles. The molecule has 0 bridgehead atoms. The Morgan fingerprint density at radius 2 is 1.77 bits per heavy atom. The van der Waals surface area contributed by atoms with Crippen molar-refractivity contribution in [2.45, 2.75) is 12.8 Å².